The first-order valence-corrected chi connectivity index (χ1v) is 9.85. The Morgan fingerprint density at radius 1 is 1.14 bits per heavy atom. The number of likely N-dealkylation sites (tertiary alicyclic amines) is 1. The van der Waals surface area contributed by atoms with E-state index in [1.807, 2.05) is 6.92 Å². The van der Waals surface area contributed by atoms with E-state index in [0.29, 0.717) is 48.7 Å². The average molecular weight is 385 g/mol. The number of amides is 1. The molecular weight excluding hydrogens is 358 g/mol. The van der Waals surface area contributed by atoms with E-state index in [-0.39, 0.29) is 23.8 Å². The van der Waals surface area contributed by atoms with Crippen LogP contribution in [-0.2, 0) is 16.1 Å². The number of fused-ring (bicyclic) bond motifs is 1. The minimum Gasteiger partial charge on any atom is -0.451 e. The van der Waals surface area contributed by atoms with E-state index in [2.05, 4.69) is 18.9 Å². The average Bonchev–Trinajstić information content (AvgIpc) is 2.67. The van der Waals surface area contributed by atoms with Crippen molar-refractivity contribution in [3.8, 4) is 0 Å². The fourth-order valence-electron chi connectivity index (χ4n) is 3.90. The predicted molar refractivity (Wildman–Crippen MR) is 106 cm³/mol. The van der Waals surface area contributed by atoms with Gasteiger partial charge in [0.1, 0.15) is 0 Å². The van der Waals surface area contributed by atoms with Gasteiger partial charge in [0.15, 0.2) is 12.3 Å². The molecule has 3 rings (SSSR count). The lowest BCUT2D eigenvalue weighted by atomic mass is 9.92. The summed E-state index contributed by atoms with van der Waals surface area (Å²) in [5.41, 5.74) is -0.168. The van der Waals surface area contributed by atoms with Crippen LogP contribution in [0.4, 0.5) is 0 Å². The summed E-state index contributed by atoms with van der Waals surface area (Å²) in [5, 5.41) is 5.07. The monoisotopic (exact) mass is 385 g/mol. The van der Waals surface area contributed by atoms with Crippen LogP contribution in [0.25, 0.3) is 10.8 Å². The summed E-state index contributed by atoms with van der Waals surface area (Å²) in [6, 6.07) is 6.83. The number of aromatic nitrogens is 2. The van der Waals surface area contributed by atoms with Crippen molar-refractivity contribution in [2.24, 2.45) is 11.8 Å². The van der Waals surface area contributed by atoms with Crippen LogP contribution in [0.5, 0.6) is 0 Å². The van der Waals surface area contributed by atoms with Crippen molar-refractivity contribution in [1.29, 1.82) is 0 Å². The molecule has 0 radical (unpaired) electrons. The number of hydrogen-bond acceptors (Lipinski definition) is 5. The van der Waals surface area contributed by atoms with Gasteiger partial charge in [-0.05, 0) is 30.7 Å². The molecule has 0 spiro atoms. The number of piperidine rings is 1. The maximum absolute atomic E-state index is 12.7. The van der Waals surface area contributed by atoms with E-state index < -0.39 is 5.97 Å². The van der Waals surface area contributed by atoms with E-state index in [1.54, 1.807) is 29.2 Å². The molecule has 2 unspecified atom stereocenters. The second-order valence-electron chi connectivity index (χ2n) is 7.74. The number of carbonyl (C=O) groups excluding carboxylic acids is 2. The Morgan fingerprint density at radius 2 is 1.79 bits per heavy atom. The van der Waals surface area contributed by atoms with Gasteiger partial charge in [-0.25, -0.2) is 9.48 Å². The number of esters is 1. The molecule has 2 heterocycles. The molecule has 7 heteroatoms. The standard InChI is InChI=1S/C21H27N3O4/c1-4-9-24-20(26)17-8-6-5-7-16(17)19(22-24)21(27)28-13-18(25)23-11-14(2)10-15(3)12-23/h5-8,14-15H,4,9-13H2,1-3H3. The molecule has 1 aliphatic rings. The third kappa shape index (κ3) is 4.24. The lowest BCUT2D eigenvalue weighted by Gasteiger charge is -2.34. The van der Waals surface area contributed by atoms with Gasteiger partial charge < -0.3 is 9.64 Å². The van der Waals surface area contributed by atoms with E-state index in [4.69, 9.17) is 4.74 Å². The van der Waals surface area contributed by atoms with Crippen molar-refractivity contribution < 1.29 is 14.3 Å². The number of benzene rings is 1. The van der Waals surface area contributed by atoms with Gasteiger partial charge in [-0.15, -0.1) is 0 Å². The van der Waals surface area contributed by atoms with Crippen molar-refractivity contribution in [3.63, 3.8) is 0 Å². The molecule has 1 aromatic carbocycles. The molecule has 1 fully saturated rings. The molecule has 2 aromatic rings. The Kier molecular flexibility index (Phi) is 6.11. The molecule has 0 saturated carbocycles. The number of carbonyl (C=O) groups is 2. The summed E-state index contributed by atoms with van der Waals surface area (Å²) in [4.78, 5) is 39.4. The van der Waals surface area contributed by atoms with Gasteiger partial charge in [0, 0.05) is 25.0 Å². The normalized spacial score (nSPS) is 19.6. The Hall–Kier alpha value is -2.70. The maximum atomic E-state index is 12.7. The Labute approximate surface area is 164 Å². The largest absolute Gasteiger partial charge is 0.451 e. The zero-order chi connectivity index (χ0) is 20.3. The third-order valence-corrected chi connectivity index (χ3v) is 5.04. The first kappa shape index (κ1) is 20.0. The van der Waals surface area contributed by atoms with Crippen LogP contribution in [0.1, 0.15) is 44.1 Å². The molecule has 0 aliphatic carbocycles. The maximum Gasteiger partial charge on any atom is 0.359 e. The van der Waals surface area contributed by atoms with Crippen LogP contribution in [0.3, 0.4) is 0 Å². The molecule has 2 atom stereocenters. The van der Waals surface area contributed by atoms with Crippen molar-refractivity contribution in [2.45, 2.75) is 40.2 Å². The molecule has 28 heavy (non-hydrogen) atoms. The summed E-state index contributed by atoms with van der Waals surface area (Å²) in [6.45, 7) is 7.63. The highest BCUT2D eigenvalue weighted by molar-refractivity contribution is 6.02. The predicted octanol–water partition coefficient (Wildman–Crippen LogP) is 2.47. The number of rotatable bonds is 5. The lowest BCUT2D eigenvalue weighted by Crippen LogP contribution is -2.44. The van der Waals surface area contributed by atoms with Gasteiger partial charge >= 0.3 is 5.97 Å². The molecule has 7 nitrogen and oxygen atoms in total. The van der Waals surface area contributed by atoms with Crippen LogP contribution in [0.2, 0.25) is 0 Å². The van der Waals surface area contributed by atoms with Crippen LogP contribution < -0.4 is 5.56 Å². The highest BCUT2D eigenvalue weighted by Crippen LogP contribution is 2.21. The summed E-state index contributed by atoms with van der Waals surface area (Å²) in [7, 11) is 0. The van der Waals surface area contributed by atoms with Crippen molar-refractivity contribution in [1.82, 2.24) is 14.7 Å². The zero-order valence-corrected chi connectivity index (χ0v) is 16.7. The van der Waals surface area contributed by atoms with Gasteiger partial charge in [0.05, 0.1) is 5.39 Å². The summed E-state index contributed by atoms with van der Waals surface area (Å²) in [6.07, 6.45) is 1.81. The Bertz CT molecular complexity index is 927. The molecule has 0 N–H and O–H groups in total. The van der Waals surface area contributed by atoms with E-state index in [9.17, 15) is 14.4 Å². The quantitative estimate of drug-likeness (QED) is 0.739. The Morgan fingerprint density at radius 3 is 2.43 bits per heavy atom. The van der Waals surface area contributed by atoms with Crippen molar-refractivity contribution in [2.75, 3.05) is 19.7 Å². The molecule has 150 valence electrons. The number of hydrogen-bond donors (Lipinski definition) is 0. The van der Waals surface area contributed by atoms with Crippen LogP contribution in [-0.4, -0.2) is 46.3 Å². The number of aryl methyl sites for hydroxylation is 1. The van der Waals surface area contributed by atoms with Crippen LogP contribution in [0, 0.1) is 11.8 Å². The van der Waals surface area contributed by atoms with Gasteiger partial charge in [0.2, 0.25) is 0 Å². The van der Waals surface area contributed by atoms with Gasteiger partial charge in [-0.2, -0.15) is 5.10 Å². The van der Waals surface area contributed by atoms with E-state index >= 15 is 0 Å². The Balaban J connectivity index is 1.79. The van der Waals surface area contributed by atoms with E-state index in [1.165, 1.54) is 4.68 Å². The third-order valence-electron chi connectivity index (χ3n) is 5.04. The second kappa shape index (κ2) is 8.54. The number of nitrogens with zero attached hydrogens (tertiary/aromatic N) is 3. The molecule has 1 aromatic heterocycles. The van der Waals surface area contributed by atoms with Gasteiger partial charge in [-0.1, -0.05) is 39.0 Å². The summed E-state index contributed by atoms with van der Waals surface area (Å²) in [5.74, 6) is -0.0105. The highest BCUT2D eigenvalue weighted by atomic mass is 16.5. The molecule has 1 amide bonds. The molecular formula is C21H27N3O4. The first-order chi connectivity index (χ1) is 13.4. The highest BCUT2D eigenvalue weighted by Gasteiger charge is 2.26. The van der Waals surface area contributed by atoms with Crippen LogP contribution >= 0.6 is 0 Å². The minimum atomic E-state index is -0.687. The number of ether oxygens (including phenoxy) is 1. The van der Waals surface area contributed by atoms with Gasteiger partial charge in [-0.3, -0.25) is 9.59 Å². The summed E-state index contributed by atoms with van der Waals surface area (Å²) < 4.78 is 6.57. The second-order valence-corrected chi connectivity index (χ2v) is 7.74. The fraction of sp³-hybridized carbons (Fsp3) is 0.524. The minimum absolute atomic E-state index is 0.0665. The van der Waals surface area contributed by atoms with Gasteiger partial charge in [0.25, 0.3) is 11.5 Å². The summed E-state index contributed by atoms with van der Waals surface area (Å²) >= 11 is 0. The SMILES string of the molecule is CCCn1nc(C(=O)OCC(=O)N2CC(C)CC(C)C2)c2ccccc2c1=O. The zero-order valence-electron chi connectivity index (χ0n) is 16.7. The molecule has 1 aliphatic heterocycles. The molecule has 0 bridgehead atoms. The lowest BCUT2D eigenvalue weighted by molar-refractivity contribution is -0.137. The molecule has 1 saturated heterocycles. The van der Waals surface area contributed by atoms with Crippen molar-refractivity contribution in [3.05, 3.63) is 40.3 Å². The van der Waals surface area contributed by atoms with Crippen molar-refractivity contribution >= 4 is 22.6 Å². The van der Waals surface area contributed by atoms with E-state index in [0.717, 1.165) is 6.42 Å². The van der Waals surface area contributed by atoms with Crippen LogP contribution in [0.15, 0.2) is 29.1 Å². The first-order valence-electron chi connectivity index (χ1n) is 9.85. The smallest absolute Gasteiger partial charge is 0.359 e. The fourth-order valence-corrected chi connectivity index (χ4v) is 3.90. The topological polar surface area (TPSA) is 81.5 Å².